The smallest absolute Gasteiger partial charge is 0.306 e. The van der Waals surface area contributed by atoms with Crippen molar-refractivity contribution in [1.29, 1.82) is 0 Å². The molecular formula is C47H61N3O8S. The van der Waals surface area contributed by atoms with E-state index in [1.54, 1.807) is 6.08 Å². The number of ketones is 1. The molecule has 12 heteroatoms. The second kappa shape index (κ2) is 17.2. The van der Waals surface area contributed by atoms with Gasteiger partial charge < -0.3 is 14.4 Å². The number of nitrogens with zero attached hydrogens (tertiary/aromatic N) is 2. The van der Waals surface area contributed by atoms with Crippen molar-refractivity contribution in [3.8, 4) is 17.0 Å². The minimum absolute atomic E-state index is 0. The van der Waals surface area contributed by atoms with Crippen LogP contribution in [0.2, 0.25) is 0 Å². The van der Waals surface area contributed by atoms with E-state index in [-0.39, 0.29) is 63.9 Å². The van der Waals surface area contributed by atoms with Crippen LogP contribution < -0.4 is 9.46 Å². The predicted molar refractivity (Wildman–Crippen MR) is 229 cm³/mol. The number of esters is 1. The second-order valence-corrected chi connectivity index (χ2v) is 20.3. The fourth-order valence-electron chi connectivity index (χ4n) is 8.75. The van der Waals surface area contributed by atoms with E-state index in [1.807, 2.05) is 57.2 Å². The van der Waals surface area contributed by atoms with Gasteiger partial charge in [0.05, 0.1) is 53.4 Å². The maximum atomic E-state index is 14.9. The number of Topliss-reactive ketones (excluding diaryl/α,β-unsaturated/α-hetero) is 1. The molecule has 7 rings (SSSR count). The number of pyridine rings is 1. The lowest BCUT2D eigenvalue weighted by Crippen LogP contribution is -2.48. The Morgan fingerprint density at radius 3 is 2.46 bits per heavy atom. The van der Waals surface area contributed by atoms with Crippen molar-refractivity contribution >= 4 is 44.5 Å². The Hall–Kier alpha value is -4.58. The molecule has 1 saturated heterocycles. The highest BCUT2D eigenvalue weighted by atomic mass is 32.2. The maximum absolute atomic E-state index is 14.9. The molecule has 318 valence electrons. The van der Waals surface area contributed by atoms with Gasteiger partial charge in [-0.05, 0) is 86.0 Å². The Balaban J connectivity index is 0.00000585. The predicted octanol–water partition coefficient (Wildman–Crippen LogP) is 7.91. The van der Waals surface area contributed by atoms with Gasteiger partial charge in [-0.2, -0.15) is 0 Å². The van der Waals surface area contributed by atoms with E-state index in [4.69, 9.17) is 14.5 Å². The zero-order valence-corrected chi connectivity index (χ0v) is 35.2. The van der Waals surface area contributed by atoms with E-state index in [9.17, 15) is 27.6 Å². The molecule has 6 atom stereocenters. The van der Waals surface area contributed by atoms with Gasteiger partial charge in [0.2, 0.25) is 21.8 Å². The van der Waals surface area contributed by atoms with Gasteiger partial charge >= 0.3 is 5.97 Å². The fraction of sp³-hybridized carbons (Fsp3) is 0.553. The molecule has 2 amide bonds. The Bertz CT molecular complexity index is 2210. The van der Waals surface area contributed by atoms with Crippen LogP contribution >= 0.6 is 0 Å². The Kier molecular flexibility index (Phi) is 12.8. The SMILES string of the molecule is C.C=C[C@@H]1C[C@]1(CC(=O)[C@@H]1C[C@@H]2CN1C(=O)[C@H](C(C)(C)C)CC(=O)OCC(C)CCCCc1cc3c(cc(-c4ccccc4)nc3cc1C)O2)C(=O)NS(=O)(=O)C1CC1. The molecule has 59 heavy (non-hydrogen) atoms. The number of aryl methyl sites for hydroxylation is 2. The molecule has 4 bridgehead atoms. The highest BCUT2D eigenvalue weighted by Crippen LogP contribution is 2.57. The molecule has 4 aliphatic rings. The highest BCUT2D eigenvalue weighted by molar-refractivity contribution is 7.90. The lowest BCUT2D eigenvalue weighted by Gasteiger charge is -2.35. The lowest BCUT2D eigenvalue weighted by molar-refractivity contribution is -0.154. The summed E-state index contributed by atoms with van der Waals surface area (Å²) in [6.07, 6.45) is 5.60. The first-order valence-electron chi connectivity index (χ1n) is 20.8. The molecule has 0 spiro atoms. The Morgan fingerprint density at radius 2 is 1.80 bits per heavy atom. The Labute approximate surface area is 349 Å². The molecule has 2 saturated carbocycles. The third-order valence-corrected chi connectivity index (χ3v) is 14.5. The molecule has 3 heterocycles. The van der Waals surface area contributed by atoms with E-state index in [1.165, 1.54) is 10.5 Å². The van der Waals surface area contributed by atoms with E-state index in [0.29, 0.717) is 18.6 Å². The summed E-state index contributed by atoms with van der Waals surface area (Å²) >= 11 is 0. The average molecular weight is 828 g/mol. The zero-order valence-electron chi connectivity index (χ0n) is 34.4. The van der Waals surface area contributed by atoms with Crippen LogP contribution in [0.15, 0.2) is 61.2 Å². The summed E-state index contributed by atoms with van der Waals surface area (Å²) in [5.41, 5.74) is 2.77. The van der Waals surface area contributed by atoms with Crippen molar-refractivity contribution in [3.05, 3.63) is 72.3 Å². The molecular weight excluding hydrogens is 767 g/mol. The van der Waals surface area contributed by atoms with Gasteiger partial charge in [0.1, 0.15) is 11.9 Å². The first-order valence-corrected chi connectivity index (χ1v) is 22.4. The second-order valence-electron chi connectivity index (χ2n) is 18.3. The van der Waals surface area contributed by atoms with Gasteiger partial charge in [-0.3, -0.25) is 23.9 Å². The van der Waals surface area contributed by atoms with Crippen LogP contribution in [-0.2, 0) is 40.4 Å². The number of nitrogens with one attached hydrogen (secondary N) is 1. The number of fused-ring (bicyclic) bond motifs is 3. The van der Waals surface area contributed by atoms with Crippen LogP contribution in [0.1, 0.15) is 104 Å². The number of ether oxygens (including phenoxy) is 2. The summed E-state index contributed by atoms with van der Waals surface area (Å²) in [6.45, 7) is 14.0. The van der Waals surface area contributed by atoms with Gasteiger partial charge in [0, 0.05) is 29.9 Å². The minimum Gasteiger partial charge on any atom is -0.488 e. The van der Waals surface area contributed by atoms with Crippen molar-refractivity contribution in [2.45, 2.75) is 124 Å². The van der Waals surface area contributed by atoms with Gasteiger partial charge in [0.25, 0.3) is 0 Å². The molecule has 1 N–H and O–H groups in total. The molecule has 0 radical (unpaired) electrons. The van der Waals surface area contributed by atoms with Gasteiger partial charge in [-0.1, -0.05) is 78.0 Å². The number of rotatable bonds is 8. The van der Waals surface area contributed by atoms with Crippen molar-refractivity contribution in [3.63, 3.8) is 0 Å². The third kappa shape index (κ3) is 9.58. The van der Waals surface area contributed by atoms with Crippen LogP contribution in [0.3, 0.4) is 0 Å². The van der Waals surface area contributed by atoms with Crippen LogP contribution in [-0.4, -0.2) is 72.4 Å². The van der Waals surface area contributed by atoms with Crippen LogP contribution in [0.25, 0.3) is 22.2 Å². The number of hydrogen-bond donors (Lipinski definition) is 1. The maximum Gasteiger partial charge on any atom is 0.306 e. The van der Waals surface area contributed by atoms with Crippen LogP contribution in [0.5, 0.6) is 5.75 Å². The van der Waals surface area contributed by atoms with Crippen molar-refractivity contribution in [2.24, 2.45) is 28.6 Å². The topological polar surface area (TPSA) is 149 Å². The number of benzene rings is 2. The summed E-state index contributed by atoms with van der Waals surface area (Å²) in [5, 5.41) is 0.231. The van der Waals surface area contributed by atoms with Crippen LogP contribution in [0, 0.1) is 35.5 Å². The summed E-state index contributed by atoms with van der Waals surface area (Å²) in [5.74, 6) is -2.38. The van der Waals surface area contributed by atoms with Crippen LogP contribution in [0.4, 0.5) is 0 Å². The molecule has 11 nitrogen and oxygen atoms in total. The third-order valence-electron chi connectivity index (χ3n) is 12.7. The van der Waals surface area contributed by atoms with E-state index < -0.39 is 62.0 Å². The van der Waals surface area contributed by atoms with Crippen molar-refractivity contribution in [2.75, 3.05) is 13.2 Å². The summed E-state index contributed by atoms with van der Waals surface area (Å²) < 4.78 is 40.6. The highest BCUT2D eigenvalue weighted by Gasteiger charge is 2.61. The number of sulfonamides is 1. The number of allylic oxidation sites excluding steroid dienone is 1. The zero-order chi connectivity index (χ0) is 41.6. The number of carbonyl (C=O) groups excluding carboxylic acids is 4. The van der Waals surface area contributed by atoms with Gasteiger partial charge in [-0.15, -0.1) is 6.58 Å². The van der Waals surface area contributed by atoms with E-state index in [2.05, 4.69) is 37.3 Å². The Morgan fingerprint density at radius 1 is 1.07 bits per heavy atom. The first-order chi connectivity index (χ1) is 27.5. The lowest BCUT2D eigenvalue weighted by atomic mass is 9.77. The fourth-order valence-corrected chi connectivity index (χ4v) is 10.1. The van der Waals surface area contributed by atoms with E-state index >= 15 is 0 Å². The van der Waals surface area contributed by atoms with E-state index in [0.717, 1.165) is 53.4 Å². The number of hydrogen-bond acceptors (Lipinski definition) is 9. The number of carbonyl (C=O) groups is 4. The number of amides is 2. The first kappa shape index (κ1) is 44.0. The largest absolute Gasteiger partial charge is 0.488 e. The summed E-state index contributed by atoms with van der Waals surface area (Å²) in [7, 11) is -3.86. The normalized spacial score (nSPS) is 26.7. The number of cyclic esters (lactones) is 1. The molecule has 3 fully saturated rings. The minimum atomic E-state index is -3.86. The molecule has 2 aromatic carbocycles. The molecule has 1 unspecified atom stereocenters. The quantitative estimate of drug-likeness (QED) is 0.177. The van der Waals surface area contributed by atoms with Crippen molar-refractivity contribution < 1.29 is 37.1 Å². The molecule has 2 aliphatic heterocycles. The van der Waals surface area contributed by atoms with Gasteiger partial charge in [0.15, 0.2) is 5.78 Å². The standard InChI is InChI=1S/C46H57N3O8S.CH4/c1-7-32-24-46(32,44(53)48-58(54,55)34-17-18-34)25-40(50)39-21-33-26-49(39)43(52)36(45(4,5)6)22-42(51)56-27-28(2)13-11-12-16-31-20-35-38(19-29(31)3)47-37(23-41(35)57-33)30-14-9-8-10-15-30;/h7-10,14-15,19-20,23,28,32-34,36,39H,1,11-13,16-18,21-22,24-27H2,2-6H3,(H,48,53);1H4/t28?,32-,33-,36-,39+,46-;/m1./s1. The number of aromatic nitrogens is 1. The molecule has 1 aromatic heterocycles. The molecule has 3 aromatic rings. The van der Waals surface area contributed by atoms with Gasteiger partial charge in [-0.25, -0.2) is 13.4 Å². The monoisotopic (exact) mass is 827 g/mol. The summed E-state index contributed by atoms with van der Waals surface area (Å²) in [6, 6.07) is 15.0. The van der Waals surface area contributed by atoms with Crippen molar-refractivity contribution in [1.82, 2.24) is 14.6 Å². The summed E-state index contributed by atoms with van der Waals surface area (Å²) in [4.78, 5) is 63.2. The molecule has 2 aliphatic carbocycles. The average Bonchev–Trinajstić information content (AvgIpc) is 4.11.